The highest BCUT2D eigenvalue weighted by atomic mass is 16.5. The van der Waals surface area contributed by atoms with Crippen LogP contribution in [0.2, 0.25) is 0 Å². The lowest BCUT2D eigenvalue weighted by Gasteiger charge is -2.34. The van der Waals surface area contributed by atoms with Crippen molar-refractivity contribution >= 4 is 23.1 Å². The van der Waals surface area contributed by atoms with Crippen LogP contribution < -0.4 is 4.74 Å². The average molecular weight is 474 g/mol. The predicted octanol–water partition coefficient (Wildman–Crippen LogP) is 4.70. The number of likely N-dealkylation sites (tertiary alicyclic amines) is 1. The third-order valence-electron chi connectivity index (χ3n) is 7.57. The highest BCUT2D eigenvalue weighted by Crippen LogP contribution is 2.39. The van der Waals surface area contributed by atoms with Gasteiger partial charge in [0.05, 0.1) is 35.8 Å². The molecular weight excluding hydrogens is 442 g/mol. The number of hydrogen-bond donors (Lipinski definition) is 1. The first-order valence-corrected chi connectivity index (χ1v) is 12.6. The second-order valence-corrected chi connectivity index (χ2v) is 9.93. The van der Waals surface area contributed by atoms with Gasteiger partial charge in [0.2, 0.25) is 0 Å². The summed E-state index contributed by atoms with van der Waals surface area (Å²) >= 11 is 0. The van der Waals surface area contributed by atoms with E-state index in [9.17, 15) is 9.90 Å². The highest BCUT2D eigenvalue weighted by Gasteiger charge is 2.28. The minimum absolute atomic E-state index is 0.109. The minimum atomic E-state index is -0.917. The topological polar surface area (TPSA) is 76.8 Å². The number of hydrogen-bond acceptors (Lipinski definition) is 5. The Hall–Kier alpha value is -3.16. The van der Waals surface area contributed by atoms with Gasteiger partial charge in [0, 0.05) is 12.2 Å². The first kappa shape index (κ1) is 22.3. The van der Waals surface area contributed by atoms with Crippen LogP contribution >= 0.6 is 0 Å². The Morgan fingerprint density at radius 1 is 1.17 bits per heavy atom. The van der Waals surface area contributed by atoms with Crippen LogP contribution in [0.25, 0.3) is 17.1 Å². The first-order chi connectivity index (χ1) is 17.0. The summed E-state index contributed by atoms with van der Waals surface area (Å²) in [7, 11) is 0. The van der Waals surface area contributed by atoms with Crippen molar-refractivity contribution in [3.05, 3.63) is 65.0 Å². The Kier molecular flexibility index (Phi) is 5.82. The SMILES string of the molecule is CC1C=Cc2cccc(C3CCN(Cc4nc5ccc(C(=O)O)cc5n4CC4CCO4)CC3)c2O1. The van der Waals surface area contributed by atoms with Crippen molar-refractivity contribution in [2.24, 2.45) is 0 Å². The fourth-order valence-corrected chi connectivity index (χ4v) is 5.49. The molecule has 3 aliphatic rings. The summed E-state index contributed by atoms with van der Waals surface area (Å²) in [4.78, 5) is 18.9. The number of nitrogens with zero attached hydrogens (tertiary/aromatic N) is 3. The summed E-state index contributed by atoms with van der Waals surface area (Å²) in [6.45, 7) is 6.32. The van der Waals surface area contributed by atoms with Crippen LogP contribution in [-0.4, -0.2) is 57.4 Å². The number of aromatic carboxylic acids is 1. The largest absolute Gasteiger partial charge is 0.486 e. The number of rotatable bonds is 6. The monoisotopic (exact) mass is 473 g/mol. The number of imidazole rings is 1. The maximum absolute atomic E-state index is 11.5. The van der Waals surface area contributed by atoms with E-state index < -0.39 is 5.97 Å². The molecule has 2 unspecified atom stereocenters. The number of piperidine rings is 1. The molecule has 2 fully saturated rings. The fraction of sp³-hybridized carbons (Fsp3) is 0.429. The van der Waals surface area contributed by atoms with Crippen molar-refractivity contribution in [3.63, 3.8) is 0 Å². The lowest BCUT2D eigenvalue weighted by molar-refractivity contribution is -0.0592. The predicted molar refractivity (Wildman–Crippen MR) is 134 cm³/mol. The molecule has 0 spiro atoms. The third-order valence-corrected chi connectivity index (χ3v) is 7.57. The molecule has 1 N–H and O–H groups in total. The van der Waals surface area contributed by atoms with Crippen LogP contribution in [0.3, 0.4) is 0 Å². The lowest BCUT2D eigenvalue weighted by atomic mass is 9.87. The van der Waals surface area contributed by atoms with E-state index >= 15 is 0 Å². The number of fused-ring (bicyclic) bond motifs is 2. The van der Waals surface area contributed by atoms with Gasteiger partial charge in [-0.1, -0.05) is 24.3 Å². The summed E-state index contributed by atoms with van der Waals surface area (Å²) in [5.74, 6) is 1.61. The van der Waals surface area contributed by atoms with Crippen LogP contribution in [0.1, 0.15) is 59.4 Å². The van der Waals surface area contributed by atoms with Crippen LogP contribution in [-0.2, 0) is 17.8 Å². The Morgan fingerprint density at radius 2 is 2.00 bits per heavy atom. The standard InChI is InChI=1S/C28H31N3O4/c1-18-5-6-20-3-2-4-23(27(20)35-18)19-9-12-30(13-10-19)17-26-29-24-8-7-21(28(32)33)15-25(24)31(26)16-22-11-14-34-22/h2-8,15,18-19,22H,9-14,16-17H2,1H3,(H,32,33). The van der Waals surface area contributed by atoms with E-state index in [-0.39, 0.29) is 17.8 Å². The van der Waals surface area contributed by atoms with Gasteiger partial charge in [0.25, 0.3) is 0 Å². The molecule has 2 saturated heterocycles. The number of carbonyl (C=O) groups is 1. The van der Waals surface area contributed by atoms with E-state index in [1.165, 1.54) is 11.1 Å². The molecule has 0 radical (unpaired) electrons. The van der Waals surface area contributed by atoms with Crippen LogP contribution in [0, 0.1) is 0 Å². The van der Waals surface area contributed by atoms with Gasteiger partial charge in [0.15, 0.2) is 0 Å². The van der Waals surface area contributed by atoms with Gasteiger partial charge in [0.1, 0.15) is 17.7 Å². The number of benzene rings is 2. The van der Waals surface area contributed by atoms with Crippen molar-refractivity contribution in [1.29, 1.82) is 0 Å². The van der Waals surface area contributed by atoms with E-state index in [1.54, 1.807) is 12.1 Å². The highest BCUT2D eigenvalue weighted by molar-refractivity contribution is 5.92. The van der Waals surface area contributed by atoms with Crippen molar-refractivity contribution in [2.75, 3.05) is 19.7 Å². The van der Waals surface area contributed by atoms with Gasteiger partial charge in [-0.3, -0.25) is 4.90 Å². The van der Waals surface area contributed by atoms with Gasteiger partial charge in [-0.25, -0.2) is 9.78 Å². The smallest absolute Gasteiger partial charge is 0.335 e. The number of ether oxygens (including phenoxy) is 2. The molecule has 0 aliphatic carbocycles. The molecule has 4 heterocycles. The summed E-state index contributed by atoms with van der Waals surface area (Å²) in [5.41, 5.74) is 4.51. The molecular formula is C28H31N3O4. The molecule has 0 amide bonds. The number of carboxylic acid groups (broad SMARTS) is 1. The molecule has 7 nitrogen and oxygen atoms in total. The first-order valence-electron chi connectivity index (χ1n) is 12.6. The third kappa shape index (κ3) is 4.34. The summed E-state index contributed by atoms with van der Waals surface area (Å²) in [6, 6.07) is 11.7. The number of para-hydroxylation sites is 1. The van der Waals surface area contributed by atoms with Gasteiger partial charge >= 0.3 is 5.97 Å². The zero-order valence-electron chi connectivity index (χ0n) is 20.0. The lowest BCUT2D eigenvalue weighted by Crippen LogP contribution is -2.35. The van der Waals surface area contributed by atoms with Crippen LogP contribution in [0.4, 0.5) is 0 Å². The normalized spacial score (nSPS) is 22.5. The van der Waals surface area contributed by atoms with Crippen molar-refractivity contribution in [1.82, 2.24) is 14.5 Å². The Bertz CT molecular complexity index is 1280. The molecule has 182 valence electrons. The molecule has 7 heteroatoms. The Morgan fingerprint density at radius 3 is 2.74 bits per heavy atom. The molecule has 2 aromatic carbocycles. The van der Waals surface area contributed by atoms with Gasteiger partial charge in [-0.2, -0.15) is 0 Å². The molecule has 1 aromatic heterocycles. The van der Waals surface area contributed by atoms with Crippen molar-refractivity contribution in [3.8, 4) is 5.75 Å². The van der Waals surface area contributed by atoms with Crippen molar-refractivity contribution < 1.29 is 19.4 Å². The summed E-state index contributed by atoms with van der Waals surface area (Å²) < 4.78 is 14.1. The summed E-state index contributed by atoms with van der Waals surface area (Å²) in [6.07, 6.45) is 7.74. The maximum Gasteiger partial charge on any atom is 0.335 e. The van der Waals surface area contributed by atoms with Gasteiger partial charge in [-0.05, 0) is 75.0 Å². The Labute approximate surface area is 205 Å². The molecule has 3 aliphatic heterocycles. The number of aromatic nitrogens is 2. The molecule has 0 bridgehead atoms. The van der Waals surface area contributed by atoms with E-state index in [0.717, 1.165) is 68.1 Å². The van der Waals surface area contributed by atoms with Crippen LogP contribution in [0.15, 0.2) is 42.5 Å². The van der Waals surface area contributed by atoms with Crippen molar-refractivity contribution in [2.45, 2.75) is 57.4 Å². The maximum atomic E-state index is 11.5. The van der Waals surface area contributed by atoms with Gasteiger partial charge in [-0.15, -0.1) is 0 Å². The second-order valence-electron chi connectivity index (χ2n) is 9.93. The Balaban J connectivity index is 1.20. The molecule has 35 heavy (non-hydrogen) atoms. The van der Waals surface area contributed by atoms with E-state index in [0.29, 0.717) is 12.5 Å². The van der Waals surface area contributed by atoms with E-state index in [2.05, 4.69) is 46.7 Å². The summed E-state index contributed by atoms with van der Waals surface area (Å²) in [5, 5.41) is 9.47. The van der Waals surface area contributed by atoms with Crippen LogP contribution in [0.5, 0.6) is 5.75 Å². The zero-order chi connectivity index (χ0) is 23.9. The average Bonchev–Trinajstić information content (AvgIpc) is 3.17. The molecule has 6 rings (SSSR count). The molecule has 0 saturated carbocycles. The van der Waals surface area contributed by atoms with E-state index in [1.807, 2.05) is 6.07 Å². The second kappa shape index (κ2) is 9.13. The zero-order valence-corrected chi connectivity index (χ0v) is 20.0. The fourth-order valence-electron chi connectivity index (χ4n) is 5.49. The van der Waals surface area contributed by atoms with E-state index in [4.69, 9.17) is 14.5 Å². The number of carboxylic acids is 1. The minimum Gasteiger partial charge on any atom is -0.486 e. The molecule has 3 aromatic rings. The molecule has 2 atom stereocenters. The quantitative estimate of drug-likeness (QED) is 0.559. The van der Waals surface area contributed by atoms with Gasteiger partial charge < -0.3 is 19.1 Å².